The zero-order valence-corrected chi connectivity index (χ0v) is 40.5. The second-order valence-electron chi connectivity index (χ2n) is 15.4. The Balaban J connectivity index is 3.37. The number of carbonyl (C=O) groups excluding carboxylic acids is 2. The molecule has 2 amide bonds. The second kappa shape index (κ2) is 28.4. The van der Waals surface area contributed by atoms with E-state index < -0.39 is 85.2 Å². The molecule has 1 aromatic carbocycles. The van der Waals surface area contributed by atoms with E-state index in [1.165, 1.54) is 30.0 Å². The lowest BCUT2D eigenvalue weighted by Crippen LogP contribution is -2.78. The Hall–Kier alpha value is -4.67. The van der Waals surface area contributed by atoms with Gasteiger partial charge in [0.15, 0.2) is 0 Å². The highest BCUT2D eigenvalue weighted by molar-refractivity contribution is 7.81. The van der Waals surface area contributed by atoms with Crippen LogP contribution in [-0.2, 0) is 55.8 Å². The van der Waals surface area contributed by atoms with Gasteiger partial charge in [-0.05, 0) is 105 Å². The molecule has 2 unspecified atom stereocenters. The first kappa shape index (κ1) is 58.3. The van der Waals surface area contributed by atoms with Crippen LogP contribution in [0.4, 0.5) is 0 Å². The van der Waals surface area contributed by atoms with Gasteiger partial charge in [-0.15, -0.1) is 0 Å². The molecular weight excluding hydrogens is 915 g/mol. The summed E-state index contributed by atoms with van der Waals surface area (Å²) >= 11 is 0. The van der Waals surface area contributed by atoms with Gasteiger partial charge in [0.05, 0.1) is 44.9 Å². The third kappa shape index (κ3) is 26.2. The largest absolute Gasteiger partial charge is 0.726 e. The highest BCUT2D eigenvalue weighted by Crippen LogP contribution is 2.30. The third-order valence-electron chi connectivity index (χ3n) is 9.37. The van der Waals surface area contributed by atoms with E-state index in [1.54, 1.807) is 7.05 Å². The molecule has 0 saturated heterocycles. The van der Waals surface area contributed by atoms with Crippen LogP contribution in [0, 0.1) is 0 Å². The molecule has 0 saturated carbocycles. The van der Waals surface area contributed by atoms with Crippen LogP contribution in [0.5, 0.6) is 5.75 Å². The Morgan fingerprint density at radius 2 is 1.40 bits per heavy atom. The summed E-state index contributed by atoms with van der Waals surface area (Å²) in [7, 11) is -13.4. The highest BCUT2D eigenvalue weighted by Gasteiger charge is 2.33. The molecule has 26 heteroatoms. The number of nitrogens with zero attached hydrogens (tertiary/aromatic N) is 1. The summed E-state index contributed by atoms with van der Waals surface area (Å²) in [6, 6.07) is -0.813. The summed E-state index contributed by atoms with van der Waals surface area (Å²) in [4.78, 5) is 35.4. The molecule has 370 valence electrons. The molecule has 0 fully saturated rings. The molecule has 0 aliphatic carbocycles. The SMILES string of the molecule is CNC(CCCNC(N)=[NH+]C/C=C(/C)CCC=C(C)C)C(=O)N(C)C(CCCNC(N)=[NH+]CC=C(C)C)C(=O)N[C@H](C)[C@H](OS(=O)(=O)[O-])c1ccc(OS(=O)(=O)[O-])c(COS(=O)(=O)[O-])c1. The number of nitrogens with one attached hydrogen (secondary N) is 6. The maximum absolute atomic E-state index is 14.1. The molecule has 0 aliphatic rings. The number of amides is 2. The second-order valence-corrected chi connectivity index (χ2v) is 18.5. The third-order valence-corrected chi connectivity index (χ3v) is 10.6. The fraction of sp³-hybridized carbons (Fsp3) is 0.590. The topological polar surface area (TPSA) is 365 Å². The van der Waals surface area contributed by atoms with E-state index in [2.05, 4.69) is 65.6 Å². The fourth-order valence-electron chi connectivity index (χ4n) is 6.02. The number of likely N-dealkylation sites (N-methyl/N-ethyl adjacent to an activating group) is 2. The van der Waals surface area contributed by atoms with Crippen LogP contribution in [-0.4, -0.2) is 126 Å². The van der Waals surface area contributed by atoms with Gasteiger partial charge in [0.2, 0.25) is 32.6 Å². The lowest BCUT2D eigenvalue weighted by atomic mass is 9.99. The molecule has 23 nitrogen and oxygen atoms in total. The van der Waals surface area contributed by atoms with Gasteiger partial charge < -0.3 is 33.4 Å². The lowest BCUT2D eigenvalue weighted by Gasteiger charge is -2.33. The van der Waals surface area contributed by atoms with E-state index in [9.17, 15) is 48.5 Å². The Morgan fingerprint density at radius 3 is 1.92 bits per heavy atom. The summed E-state index contributed by atoms with van der Waals surface area (Å²) in [5, 5.41) is 11.6. The van der Waals surface area contributed by atoms with Gasteiger partial charge >= 0.3 is 11.9 Å². The quantitative estimate of drug-likeness (QED) is 0.00999. The van der Waals surface area contributed by atoms with Crippen molar-refractivity contribution in [3.05, 3.63) is 64.3 Å². The van der Waals surface area contributed by atoms with Crippen LogP contribution in [0.1, 0.15) is 97.3 Å². The molecule has 1 aromatic rings. The van der Waals surface area contributed by atoms with Gasteiger partial charge in [-0.25, -0.2) is 25.3 Å². The Morgan fingerprint density at radius 1 is 0.831 bits per heavy atom. The predicted octanol–water partition coefficient (Wildman–Crippen LogP) is -2.87. The van der Waals surface area contributed by atoms with Crippen molar-refractivity contribution in [3.63, 3.8) is 0 Å². The summed E-state index contributed by atoms with van der Waals surface area (Å²) in [6.07, 6.45) is 7.27. The average molecular weight is 981 g/mol. The smallest absolute Gasteiger partial charge is 0.341 e. The van der Waals surface area contributed by atoms with Crippen molar-refractivity contribution >= 4 is 54.9 Å². The first-order valence-corrected chi connectivity index (χ1v) is 24.5. The minimum Gasteiger partial charge on any atom is -0.726 e. The number of hydrogen-bond acceptors (Lipinski definition) is 15. The van der Waals surface area contributed by atoms with Crippen molar-refractivity contribution in [3.8, 4) is 5.75 Å². The number of guanidine groups is 2. The number of benzene rings is 1. The average Bonchev–Trinajstić information content (AvgIpc) is 3.17. The van der Waals surface area contributed by atoms with Gasteiger partial charge in [-0.3, -0.25) is 50.0 Å². The van der Waals surface area contributed by atoms with Crippen LogP contribution in [0.25, 0.3) is 0 Å². The van der Waals surface area contributed by atoms with Crippen LogP contribution in [0.3, 0.4) is 0 Å². The number of hydrogen-bond donors (Lipinski definition) is 8. The Labute approximate surface area is 383 Å². The van der Waals surface area contributed by atoms with Gasteiger partial charge in [0, 0.05) is 12.6 Å². The zero-order chi connectivity index (χ0) is 49.5. The molecular formula is C39H66N9O14S3-. The minimum absolute atomic E-state index is 0.0410. The Bertz CT molecular complexity index is 2210. The van der Waals surface area contributed by atoms with Crippen LogP contribution < -0.4 is 46.9 Å². The van der Waals surface area contributed by atoms with E-state index >= 15 is 0 Å². The van der Waals surface area contributed by atoms with Crippen molar-refractivity contribution in [1.29, 1.82) is 0 Å². The summed E-state index contributed by atoms with van der Waals surface area (Å²) in [5.41, 5.74) is 14.8. The molecule has 0 spiro atoms. The molecule has 10 N–H and O–H groups in total. The number of allylic oxidation sites excluding steroid dienone is 4. The van der Waals surface area contributed by atoms with Crippen LogP contribution >= 0.6 is 0 Å². The van der Waals surface area contributed by atoms with E-state index in [0.29, 0.717) is 38.4 Å². The highest BCUT2D eigenvalue weighted by atomic mass is 32.3. The minimum atomic E-state index is -5.56. The molecule has 4 atom stereocenters. The number of rotatable bonds is 29. The predicted molar refractivity (Wildman–Crippen MR) is 238 cm³/mol. The maximum atomic E-state index is 14.1. The van der Waals surface area contributed by atoms with Crippen molar-refractivity contribution in [2.45, 2.75) is 111 Å². The standard InChI is InChI=1S/C39H67N9O14S3/c1-26(2)12-9-13-28(5)19-23-46-39(41)43-20-10-14-32(42-7)37(50)48(8)33(15-11-21-44-38(40)45-22-18-27(3)4)36(49)47-29(6)35(62-65(57,58)59)30-16-17-34(61-64(54,55)56)31(24-30)25-60-63(51,52)53/h12,16-19,24,29,32-33,35,42H,9-11,13-15,20-23,25H2,1-8H3,(H,47,49)(H3,40,44,45)(H3,41,43,46)(H,51,52,53)(H,54,55,56)(H,57,58,59)/p-1/b28-19-/t29-,32?,33?,35+/m1/s1. The number of carbonyl (C=O) groups is 2. The van der Waals surface area contributed by atoms with Crippen molar-refractivity contribution in [2.75, 3.05) is 40.3 Å². The Kier molecular flexibility index (Phi) is 25.5. The van der Waals surface area contributed by atoms with Crippen molar-refractivity contribution < 1.29 is 71.0 Å². The van der Waals surface area contributed by atoms with Crippen LogP contribution in [0.2, 0.25) is 0 Å². The van der Waals surface area contributed by atoms with Crippen molar-refractivity contribution in [2.24, 2.45) is 11.5 Å². The van der Waals surface area contributed by atoms with Gasteiger partial charge in [-0.2, -0.15) is 0 Å². The van der Waals surface area contributed by atoms with Crippen molar-refractivity contribution in [1.82, 2.24) is 26.2 Å². The van der Waals surface area contributed by atoms with E-state index in [0.717, 1.165) is 36.6 Å². The summed E-state index contributed by atoms with van der Waals surface area (Å²) in [5.74, 6) is -1.46. The fourth-order valence-corrected chi connectivity index (χ4v) is 7.21. The summed E-state index contributed by atoms with van der Waals surface area (Å²) in [6.45, 7) is 11.7. The monoisotopic (exact) mass is 980 g/mol. The van der Waals surface area contributed by atoms with Crippen LogP contribution in [0.15, 0.2) is 53.1 Å². The molecule has 0 radical (unpaired) electrons. The van der Waals surface area contributed by atoms with E-state index in [1.807, 2.05) is 26.8 Å². The van der Waals surface area contributed by atoms with Gasteiger partial charge in [-0.1, -0.05) is 41.0 Å². The van der Waals surface area contributed by atoms with Gasteiger partial charge in [0.25, 0.3) is 10.4 Å². The summed E-state index contributed by atoms with van der Waals surface area (Å²) < 4.78 is 117. The zero-order valence-electron chi connectivity index (χ0n) is 38.1. The molecule has 1 rings (SSSR count). The molecule has 0 aliphatic heterocycles. The van der Waals surface area contributed by atoms with E-state index in [-0.39, 0.29) is 30.9 Å². The normalized spacial score (nSPS) is 14.7. The molecule has 0 aromatic heterocycles. The first-order chi connectivity index (χ1) is 30.1. The number of nitrogens with two attached hydrogens (primary N) is 2. The maximum Gasteiger partial charge on any atom is 0.341 e. The lowest BCUT2D eigenvalue weighted by molar-refractivity contribution is -0.448. The van der Waals surface area contributed by atoms with Gasteiger partial charge in [0.1, 0.15) is 17.9 Å². The molecule has 0 heterocycles. The van der Waals surface area contributed by atoms with E-state index in [4.69, 9.17) is 15.7 Å². The molecule has 65 heavy (non-hydrogen) atoms. The first-order valence-electron chi connectivity index (χ1n) is 20.5. The molecule has 0 bridgehead atoms.